The van der Waals surface area contributed by atoms with E-state index >= 15 is 0 Å². The number of ether oxygens (including phenoxy) is 1. The third-order valence-electron chi connectivity index (χ3n) is 4.33. The molecule has 2 N–H and O–H groups in total. The summed E-state index contributed by atoms with van der Waals surface area (Å²) < 4.78 is 5.31. The lowest BCUT2D eigenvalue weighted by molar-refractivity contribution is -0.140. The third-order valence-corrected chi connectivity index (χ3v) is 5.42. The molecule has 0 aliphatic heterocycles. The van der Waals surface area contributed by atoms with E-state index in [1.54, 1.807) is 17.5 Å². The Morgan fingerprint density at radius 3 is 2.66 bits per heavy atom. The van der Waals surface area contributed by atoms with Crippen LogP contribution >= 0.6 is 22.9 Å². The van der Waals surface area contributed by atoms with Gasteiger partial charge in [0.1, 0.15) is 5.75 Å². The number of carbonyl (C=O) groups excluding carboxylic acids is 1. The van der Waals surface area contributed by atoms with Gasteiger partial charge >= 0.3 is 5.97 Å². The van der Waals surface area contributed by atoms with Crippen LogP contribution in [0.1, 0.15) is 12.0 Å². The number of amides is 1. The van der Waals surface area contributed by atoms with Gasteiger partial charge in [-0.3, -0.25) is 9.59 Å². The maximum atomic E-state index is 12.8. The fourth-order valence-electron chi connectivity index (χ4n) is 2.94. The monoisotopic (exact) mass is 430 g/mol. The minimum atomic E-state index is -1.05. The number of para-hydroxylation sites is 1. The highest BCUT2D eigenvalue weighted by molar-refractivity contribution is 7.14. The van der Waals surface area contributed by atoms with Crippen molar-refractivity contribution in [2.75, 3.05) is 12.4 Å². The van der Waals surface area contributed by atoms with Gasteiger partial charge in [0, 0.05) is 16.0 Å². The molecule has 1 atom stereocenters. The maximum absolute atomic E-state index is 12.8. The molecule has 6 nitrogen and oxygen atoms in total. The molecule has 1 amide bonds. The highest BCUT2D eigenvalue weighted by Gasteiger charge is 2.24. The van der Waals surface area contributed by atoms with Crippen molar-refractivity contribution in [1.82, 2.24) is 4.98 Å². The Kier molecular flexibility index (Phi) is 6.85. The average molecular weight is 431 g/mol. The molecule has 0 saturated carbocycles. The van der Waals surface area contributed by atoms with Crippen molar-refractivity contribution >= 4 is 39.9 Å². The number of benzene rings is 2. The number of aliphatic carboxylic acids is 1. The van der Waals surface area contributed by atoms with Gasteiger partial charge in [-0.2, -0.15) is 0 Å². The van der Waals surface area contributed by atoms with E-state index < -0.39 is 17.8 Å². The smallest absolute Gasteiger partial charge is 0.304 e. The van der Waals surface area contributed by atoms with Crippen LogP contribution in [0, 0.1) is 5.92 Å². The van der Waals surface area contributed by atoms with Gasteiger partial charge in [-0.05, 0) is 24.1 Å². The predicted molar refractivity (Wildman–Crippen MR) is 114 cm³/mol. The number of thiazole rings is 1. The topological polar surface area (TPSA) is 88.5 Å². The maximum Gasteiger partial charge on any atom is 0.304 e. The van der Waals surface area contributed by atoms with Crippen molar-refractivity contribution in [1.29, 1.82) is 0 Å². The lowest BCUT2D eigenvalue weighted by atomic mass is 9.95. The zero-order chi connectivity index (χ0) is 20.8. The number of anilines is 1. The van der Waals surface area contributed by atoms with Crippen LogP contribution in [0.2, 0.25) is 5.02 Å². The van der Waals surface area contributed by atoms with E-state index in [4.69, 9.17) is 16.3 Å². The Labute approximate surface area is 177 Å². The van der Waals surface area contributed by atoms with Crippen LogP contribution < -0.4 is 10.1 Å². The normalized spacial score (nSPS) is 11.7. The van der Waals surface area contributed by atoms with Crippen LogP contribution in [0.4, 0.5) is 5.13 Å². The number of carbonyl (C=O) groups is 2. The third kappa shape index (κ3) is 5.34. The number of rotatable bonds is 8. The molecule has 3 aromatic rings. The number of nitrogens with zero attached hydrogens (tertiary/aromatic N) is 1. The molecule has 0 aliphatic carbocycles. The van der Waals surface area contributed by atoms with Crippen LogP contribution in [0.5, 0.6) is 5.75 Å². The van der Waals surface area contributed by atoms with E-state index in [0.717, 1.165) is 11.1 Å². The van der Waals surface area contributed by atoms with Gasteiger partial charge < -0.3 is 15.2 Å². The Morgan fingerprint density at radius 1 is 1.21 bits per heavy atom. The lowest BCUT2D eigenvalue weighted by Crippen LogP contribution is -2.27. The zero-order valence-electron chi connectivity index (χ0n) is 15.6. The number of methoxy groups -OCH3 is 1. The van der Waals surface area contributed by atoms with Crippen LogP contribution in [0.25, 0.3) is 11.3 Å². The Bertz CT molecular complexity index is 1020. The standard InChI is InChI=1S/C21H19ClN2O4S/c1-28-18-9-5-2-6-13(18)10-14(11-19(25)26)20(27)24-21-23-17(12-29-21)15-7-3-4-8-16(15)22/h2-9,12,14H,10-11H2,1H3,(H,25,26)(H,23,24,27). The fourth-order valence-corrected chi connectivity index (χ4v) is 3.88. The number of carboxylic acids is 1. The summed E-state index contributed by atoms with van der Waals surface area (Å²) in [4.78, 5) is 28.5. The van der Waals surface area contributed by atoms with Crippen molar-refractivity contribution in [2.45, 2.75) is 12.8 Å². The van der Waals surface area contributed by atoms with Gasteiger partial charge in [-0.25, -0.2) is 4.98 Å². The molecular weight excluding hydrogens is 412 g/mol. The molecule has 2 aromatic carbocycles. The summed E-state index contributed by atoms with van der Waals surface area (Å²) in [5.41, 5.74) is 2.18. The summed E-state index contributed by atoms with van der Waals surface area (Å²) in [6.45, 7) is 0. The first-order valence-corrected chi connectivity index (χ1v) is 10.1. The highest BCUT2D eigenvalue weighted by Crippen LogP contribution is 2.31. The number of carboxylic acid groups (broad SMARTS) is 1. The molecule has 1 aromatic heterocycles. The van der Waals surface area contributed by atoms with Crippen molar-refractivity contribution < 1.29 is 19.4 Å². The van der Waals surface area contributed by atoms with Crippen molar-refractivity contribution in [2.24, 2.45) is 5.92 Å². The molecule has 1 heterocycles. The minimum absolute atomic E-state index is 0.241. The molecule has 0 saturated heterocycles. The van der Waals surface area contributed by atoms with Gasteiger partial charge in [0.25, 0.3) is 0 Å². The highest BCUT2D eigenvalue weighted by atomic mass is 35.5. The summed E-state index contributed by atoms with van der Waals surface area (Å²) in [5, 5.41) is 14.7. The first-order chi connectivity index (χ1) is 14.0. The van der Waals surface area contributed by atoms with Gasteiger partial charge in [0.15, 0.2) is 5.13 Å². The van der Waals surface area contributed by atoms with E-state index in [2.05, 4.69) is 10.3 Å². The number of nitrogens with one attached hydrogen (secondary N) is 1. The SMILES string of the molecule is COc1ccccc1CC(CC(=O)O)C(=O)Nc1nc(-c2ccccc2Cl)cs1. The molecule has 1 unspecified atom stereocenters. The number of hydrogen-bond acceptors (Lipinski definition) is 5. The van der Waals surface area contributed by atoms with E-state index in [1.165, 1.54) is 18.4 Å². The first-order valence-electron chi connectivity index (χ1n) is 8.83. The van der Waals surface area contributed by atoms with Crippen LogP contribution in [0.15, 0.2) is 53.9 Å². The van der Waals surface area contributed by atoms with Crippen LogP contribution in [-0.2, 0) is 16.0 Å². The molecule has 150 valence electrons. The summed E-state index contributed by atoms with van der Waals surface area (Å²) in [7, 11) is 1.54. The number of halogens is 1. The van der Waals surface area contributed by atoms with E-state index in [0.29, 0.717) is 21.6 Å². The molecule has 0 aliphatic rings. The molecule has 0 spiro atoms. The lowest BCUT2D eigenvalue weighted by Gasteiger charge is -2.16. The summed E-state index contributed by atoms with van der Waals surface area (Å²) in [6, 6.07) is 14.5. The second-order valence-electron chi connectivity index (χ2n) is 6.32. The van der Waals surface area contributed by atoms with Crippen molar-refractivity contribution in [3.05, 3.63) is 64.5 Å². The molecule has 3 rings (SSSR count). The van der Waals surface area contributed by atoms with Crippen molar-refractivity contribution in [3.63, 3.8) is 0 Å². The Balaban J connectivity index is 1.77. The number of hydrogen-bond donors (Lipinski definition) is 2. The predicted octanol–water partition coefficient (Wildman–Crippen LogP) is 4.74. The molecule has 0 bridgehead atoms. The second kappa shape index (κ2) is 9.54. The molecule has 29 heavy (non-hydrogen) atoms. The van der Waals surface area contributed by atoms with Gasteiger partial charge in [-0.1, -0.05) is 48.0 Å². The number of aromatic nitrogens is 1. The van der Waals surface area contributed by atoms with E-state index in [9.17, 15) is 14.7 Å². The molecule has 0 radical (unpaired) electrons. The molecular formula is C21H19ClN2O4S. The summed E-state index contributed by atoms with van der Waals surface area (Å²) in [6.07, 6.45) is -0.0580. The quantitative estimate of drug-likeness (QED) is 0.538. The zero-order valence-corrected chi connectivity index (χ0v) is 17.2. The summed E-state index contributed by atoms with van der Waals surface area (Å²) >= 11 is 7.46. The Morgan fingerprint density at radius 2 is 1.93 bits per heavy atom. The average Bonchev–Trinajstić information content (AvgIpc) is 3.16. The van der Waals surface area contributed by atoms with Crippen LogP contribution in [-0.4, -0.2) is 29.1 Å². The second-order valence-corrected chi connectivity index (χ2v) is 7.58. The van der Waals surface area contributed by atoms with Crippen LogP contribution in [0.3, 0.4) is 0 Å². The summed E-state index contributed by atoms with van der Waals surface area (Å²) in [5.74, 6) is -1.60. The van der Waals surface area contributed by atoms with E-state index in [1.807, 2.05) is 36.4 Å². The molecule has 0 fully saturated rings. The molecule has 8 heteroatoms. The van der Waals surface area contributed by atoms with E-state index in [-0.39, 0.29) is 12.8 Å². The van der Waals surface area contributed by atoms with Gasteiger partial charge in [0.2, 0.25) is 5.91 Å². The first kappa shape index (κ1) is 20.8. The Hall–Kier alpha value is -2.90. The largest absolute Gasteiger partial charge is 0.496 e. The fraction of sp³-hybridized carbons (Fsp3) is 0.190. The van der Waals surface area contributed by atoms with Gasteiger partial charge in [-0.15, -0.1) is 11.3 Å². The van der Waals surface area contributed by atoms with Gasteiger partial charge in [0.05, 0.1) is 25.1 Å². The minimum Gasteiger partial charge on any atom is -0.496 e. The van der Waals surface area contributed by atoms with Crippen molar-refractivity contribution in [3.8, 4) is 17.0 Å².